The quantitative estimate of drug-likeness (QED) is 0.467. The molecule has 1 unspecified atom stereocenters. The zero-order chi connectivity index (χ0) is 22.1. The van der Waals surface area contributed by atoms with E-state index in [2.05, 4.69) is 32.3 Å². The van der Waals surface area contributed by atoms with E-state index in [1.165, 1.54) is 0 Å². The Kier molecular flexibility index (Phi) is 8.26. The number of guanidine groups is 1. The molecule has 1 aromatic carbocycles. The van der Waals surface area contributed by atoms with E-state index in [1.54, 1.807) is 31.4 Å². The van der Waals surface area contributed by atoms with Crippen LogP contribution in [-0.2, 0) is 6.54 Å². The molecule has 2 aromatic rings. The lowest BCUT2D eigenvalue weighted by atomic mass is 10.2. The minimum atomic E-state index is -2.84. The van der Waals surface area contributed by atoms with Crippen LogP contribution in [0.1, 0.15) is 25.3 Å². The number of halogens is 2. The molecule has 0 bridgehead atoms. The van der Waals surface area contributed by atoms with Crippen LogP contribution in [0, 0.1) is 0 Å². The summed E-state index contributed by atoms with van der Waals surface area (Å²) in [7, 11) is 1.72. The first-order chi connectivity index (χ1) is 15.1. The molecule has 7 nitrogen and oxygen atoms in total. The number of benzene rings is 1. The summed E-state index contributed by atoms with van der Waals surface area (Å²) >= 11 is 0. The molecule has 1 aromatic heterocycles. The Morgan fingerprint density at radius 3 is 2.84 bits per heavy atom. The first kappa shape index (κ1) is 22.6. The Balaban J connectivity index is 1.51. The Bertz CT molecular complexity index is 848. The molecule has 0 radical (unpaired) electrons. The highest BCUT2D eigenvalue weighted by atomic mass is 19.3. The van der Waals surface area contributed by atoms with Gasteiger partial charge in [-0.15, -0.1) is 0 Å². The summed E-state index contributed by atoms with van der Waals surface area (Å²) in [6.07, 6.45) is 3.58. The number of hydrogen-bond acceptors (Lipinski definition) is 5. The van der Waals surface area contributed by atoms with Crippen LogP contribution in [0.3, 0.4) is 0 Å². The normalized spacial score (nSPS) is 16.5. The summed E-state index contributed by atoms with van der Waals surface area (Å²) in [4.78, 5) is 10.6. The van der Waals surface area contributed by atoms with Gasteiger partial charge in [-0.1, -0.05) is 25.1 Å². The van der Waals surface area contributed by atoms with Crippen molar-refractivity contribution in [3.05, 3.63) is 48.2 Å². The molecule has 0 aliphatic carbocycles. The third kappa shape index (κ3) is 6.70. The van der Waals surface area contributed by atoms with Crippen molar-refractivity contribution in [3.63, 3.8) is 0 Å². The molecule has 1 saturated heterocycles. The molecular weight excluding hydrogens is 404 g/mol. The Hall–Kier alpha value is -3.10. The van der Waals surface area contributed by atoms with Gasteiger partial charge in [0.05, 0.1) is 12.3 Å². The van der Waals surface area contributed by atoms with Gasteiger partial charge in [0, 0.05) is 45.0 Å². The number of aromatic nitrogens is 1. The predicted molar refractivity (Wildman–Crippen MR) is 117 cm³/mol. The molecule has 1 aliphatic rings. The van der Waals surface area contributed by atoms with Crippen LogP contribution in [0.5, 0.6) is 11.6 Å². The number of ether oxygens (including phenoxy) is 2. The van der Waals surface area contributed by atoms with Crippen LogP contribution in [0.4, 0.5) is 14.5 Å². The Morgan fingerprint density at radius 2 is 2.13 bits per heavy atom. The van der Waals surface area contributed by atoms with Crippen LogP contribution in [0.25, 0.3) is 0 Å². The predicted octanol–water partition coefficient (Wildman–Crippen LogP) is 3.42. The average Bonchev–Trinajstić information content (AvgIpc) is 3.24. The van der Waals surface area contributed by atoms with Crippen molar-refractivity contribution in [1.82, 2.24) is 15.6 Å². The second kappa shape index (κ2) is 11.3. The van der Waals surface area contributed by atoms with Crippen LogP contribution in [0.15, 0.2) is 47.6 Å². The molecule has 2 heterocycles. The van der Waals surface area contributed by atoms with E-state index in [-0.39, 0.29) is 11.8 Å². The minimum Gasteiger partial charge on any atom is -0.478 e. The van der Waals surface area contributed by atoms with Crippen LogP contribution >= 0.6 is 0 Å². The van der Waals surface area contributed by atoms with E-state index >= 15 is 0 Å². The number of rotatable bonds is 9. The van der Waals surface area contributed by atoms with Crippen molar-refractivity contribution >= 4 is 11.6 Å². The van der Waals surface area contributed by atoms with Crippen LogP contribution < -0.4 is 25.0 Å². The number of anilines is 1. The first-order valence-corrected chi connectivity index (χ1v) is 10.4. The number of alkyl halides is 2. The Morgan fingerprint density at radius 1 is 1.29 bits per heavy atom. The number of hydrogen-bond donors (Lipinski definition) is 2. The molecule has 31 heavy (non-hydrogen) atoms. The van der Waals surface area contributed by atoms with Gasteiger partial charge in [0.1, 0.15) is 5.75 Å². The monoisotopic (exact) mass is 433 g/mol. The van der Waals surface area contributed by atoms with Crippen molar-refractivity contribution in [2.24, 2.45) is 4.99 Å². The van der Waals surface area contributed by atoms with Gasteiger partial charge in [-0.3, -0.25) is 4.99 Å². The SMILES string of the molecule is CCCOc1ccc(CNC(=NC)NC2CCN(c3ccccc3OC(F)F)C2)cn1. The van der Waals surface area contributed by atoms with Gasteiger partial charge in [-0.05, 0) is 30.5 Å². The smallest absolute Gasteiger partial charge is 0.387 e. The standard InChI is InChI=1S/C22H29F2N5O2/c1-3-12-30-20-9-8-16(13-26-20)14-27-22(25-2)28-17-10-11-29(15-17)18-6-4-5-7-19(18)31-21(23)24/h4-9,13,17,21H,3,10-12,14-15H2,1-2H3,(H2,25,27,28). The summed E-state index contributed by atoms with van der Waals surface area (Å²) in [5, 5.41) is 6.68. The molecule has 168 valence electrons. The summed E-state index contributed by atoms with van der Waals surface area (Å²) in [5.41, 5.74) is 1.68. The molecule has 0 spiro atoms. The van der Waals surface area contributed by atoms with Crippen molar-refractivity contribution in [3.8, 4) is 11.6 Å². The summed E-state index contributed by atoms with van der Waals surface area (Å²) in [5.74, 6) is 1.49. The van der Waals surface area contributed by atoms with Gasteiger partial charge in [-0.2, -0.15) is 8.78 Å². The van der Waals surface area contributed by atoms with Gasteiger partial charge in [0.2, 0.25) is 5.88 Å². The maximum Gasteiger partial charge on any atom is 0.387 e. The average molecular weight is 434 g/mol. The maximum atomic E-state index is 12.7. The molecule has 9 heteroatoms. The molecule has 1 atom stereocenters. The molecular formula is C22H29F2N5O2. The lowest BCUT2D eigenvalue weighted by molar-refractivity contribution is -0.0495. The highest BCUT2D eigenvalue weighted by molar-refractivity contribution is 5.80. The lowest BCUT2D eigenvalue weighted by Gasteiger charge is -2.22. The number of aliphatic imine (C=N–C) groups is 1. The molecule has 1 aliphatic heterocycles. The minimum absolute atomic E-state index is 0.133. The van der Waals surface area contributed by atoms with E-state index in [4.69, 9.17) is 4.74 Å². The highest BCUT2D eigenvalue weighted by Gasteiger charge is 2.26. The third-order valence-electron chi connectivity index (χ3n) is 4.89. The summed E-state index contributed by atoms with van der Waals surface area (Å²) < 4.78 is 35.6. The zero-order valence-corrected chi connectivity index (χ0v) is 17.9. The first-order valence-electron chi connectivity index (χ1n) is 10.4. The zero-order valence-electron chi connectivity index (χ0n) is 17.9. The van der Waals surface area contributed by atoms with E-state index in [9.17, 15) is 8.78 Å². The molecule has 2 N–H and O–H groups in total. The molecule has 3 rings (SSSR count). The van der Waals surface area contributed by atoms with Gasteiger partial charge >= 0.3 is 6.61 Å². The van der Waals surface area contributed by atoms with Gasteiger partial charge in [0.25, 0.3) is 0 Å². The van der Waals surface area contributed by atoms with E-state index in [0.717, 1.165) is 24.9 Å². The number of pyridine rings is 1. The third-order valence-corrected chi connectivity index (χ3v) is 4.89. The topological polar surface area (TPSA) is 71.0 Å². The molecule has 0 saturated carbocycles. The second-order valence-electron chi connectivity index (χ2n) is 7.20. The summed E-state index contributed by atoms with van der Waals surface area (Å²) in [6, 6.07) is 10.8. The van der Waals surface area contributed by atoms with E-state index < -0.39 is 6.61 Å². The van der Waals surface area contributed by atoms with Crippen molar-refractivity contribution in [1.29, 1.82) is 0 Å². The number of nitrogens with one attached hydrogen (secondary N) is 2. The Labute approximate surface area is 181 Å². The molecule has 0 amide bonds. The van der Waals surface area contributed by atoms with Crippen molar-refractivity contribution in [2.75, 3.05) is 31.6 Å². The summed E-state index contributed by atoms with van der Waals surface area (Å²) in [6.45, 7) is 1.83. The largest absolute Gasteiger partial charge is 0.478 e. The van der Waals surface area contributed by atoms with Gasteiger partial charge in [0.15, 0.2) is 5.96 Å². The molecule has 1 fully saturated rings. The van der Waals surface area contributed by atoms with Crippen molar-refractivity contribution < 1.29 is 18.3 Å². The van der Waals surface area contributed by atoms with Crippen molar-refractivity contribution in [2.45, 2.75) is 39.0 Å². The maximum absolute atomic E-state index is 12.7. The van der Waals surface area contributed by atoms with Crippen LogP contribution in [0.2, 0.25) is 0 Å². The fourth-order valence-electron chi connectivity index (χ4n) is 3.39. The number of nitrogens with zero attached hydrogens (tertiary/aromatic N) is 3. The van der Waals surface area contributed by atoms with E-state index in [0.29, 0.717) is 37.2 Å². The highest BCUT2D eigenvalue weighted by Crippen LogP contribution is 2.31. The second-order valence-corrected chi connectivity index (χ2v) is 7.20. The van der Waals surface area contributed by atoms with Crippen LogP contribution in [-0.4, -0.2) is 50.3 Å². The fraction of sp³-hybridized carbons (Fsp3) is 0.455. The lowest BCUT2D eigenvalue weighted by Crippen LogP contribution is -2.44. The number of para-hydroxylation sites is 2. The van der Waals surface area contributed by atoms with E-state index in [1.807, 2.05) is 23.1 Å². The van der Waals surface area contributed by atoms with Gasteiger partial charge in [-0.25, -0.2) is 4.98 Å². The van der Waals surface area contributed by atoms with Gasteiger partial charge < -0.3 is 25.0 Å². The fourth-order valence-corrected chi connectivity index (χ4v) is 3.39.